The number of halogens is 1. The Morgan fingerprint density at radius 2 is 1.92 bits per heavy atom. The molecular weight excluding hydrogens is 351 g/mol. The van der Waals surface area contributed by atoms with Crippen LogP contribution in [0.2, 0.25) is 0 Å². The van der Waals surface area contributed by atoms with Crippen LogP contribution in [0.15, 0.2) is 29.2 Å². The van der Waals surface area contributed by atoms with E-state index in [2.05, 4.69) is 10.3 Å². The Bertz CT molecular complexity index is 769. The number of thioether (sulfide) groups is 1. The molecule has 0 radical (unpaired) electrons. The molecule has 0 unspecified atom stereocenters. The van der Waals surface area contributed by atoms with E-state index in [-0.39, 0.29) is 17.5 Å². The van der Waals surface area contributed by atoms with Gasteiger partial charge in [0.05, 0.1) is 0 Å². The van der Waals surface area contributed by atoms with Crippen LogP contribution < -0.4 is 5.32 Å². The summed E-state index contributed by atoms with van der Waals surface area (Å²) in [6, 6.07) is 6.39. The Labute approximate surface area is 158 Å². The Kier molecular flexibility index (Phi) is 7.45. The first-order valence-corrected chi connectivity index (χ1v) is 9.81. The predicted molar refractivity (Wildman–Crippen MR) is 104 cm³/mol. The molecule has 140 valence electrons. The lowest BCUT2D eigenvalue weighted by atomic mass is 10.0. The van der Waals surface area contributed by atoms with Gasteiger partial charge >= 0.3 is 0 Å². The fraction of sp³-hybridized carbons (Fsp3) is 0.400. The first kappa shape index (κ1) is 20.2. The number of carbonyl (C=O) groups is 2. The second-order valence-corrected chi connectivity index (χ2v) is 7.36. The summed E-state index contributed by atoms with van der Waals surface area (Å²) in [4.78, 5) is 28.5. The molecule has 0 aliphatic rings. The zero-order chi connectivity index (χ0) is 19.1. The molecule has 1 aromatic heterocycles. The van der Waals surface area contributed by atoms with Crippen molar-refractivity contribution in [3.8, 4) is 0 Å². The number of H-pyrrole nitrogens is 1. The highest BCUT2D eigenvalue weighted by Crippen LogP contribution is 2.22. The van der Waals surface area contributed by atoms with Crippen molar-refractivity contribution in [2.45, 2.75) is 44.9 Å². The maximum atomic E-state index is 12.9. The maximum absolute atomic E-state index is 12.9. The van der Waals surface area contributed by atoms with Crippen LogP contribution in [0.5, 0.6) is 0 Å². The molecule has 0 atom stereocenters. The molecule has 2 aromatic rings. The van der Waals surface area contributed by atoms with Crippen LogP contribution in [-0.4, -0.2) is 29.0 Å². The van der Waals surface area contributed by atoms with E-state index in [1.54, 1.807) is 23.9 Å². The summed E-state index contributed by atoms with van der Waals surface area (Å²) >= 11 is 1.63. The van der Waals surface area contributed by atoms with Crippen molar-refractivity contribution >= 4 is 23.5 Å². The minimum absolute atomic E-state index is 0.0167. The molecule has 0 spiro atoms. The van der Waals surface area contributed by atoms with Crippen LogP contribution in [0, 0.1) is 12.7 Å². The lowest BCUT2D eigenvalue weighted by Gasteiger charge is -2.07. The van der Waals surface area contributed by atoms with E-state index in [0.29, 0.717) is 24.2 Å². The standard InChI is InChI=1S/C20H25FN2O2S/c1-4-6-17-18(14(3)24)13(2)23-19(17)20(25)22-11-5-12-26-16-9-7-15(21)8-10-16/h7-10,23H,4-6,11-12H2,1-3H3,(H,22,25). The first-order valence-electron chi connectivity index (χ1n) is 8.83. The highest BCUT2D eigenvalue weighted by Gasteiger charge is 2.21. The number of aromatic nitrogens is 1. The molecule has 1 aromatic carbocycles. The SMILES string of the molecule is CCCc1c(C(=O)NCCCSc2ccc(F)cc2)[nH]c(C)c1C(C)=O. The normalized spacial score (nSPS) is 10.8. The number of hydrogen-bond acceptors (Lipinski definition) is 3. The van der Waals surface area contributed by atoms with Gasteiger partial charge in [-0.25, -0.2) is 4.39 Å². The van der Waals surface area contributed by atoms with E-state index in [4.69, 9.17) is 0 Å². The Balaban J connectivity index is 1.88. The second kappa shape index (κ2) is 9.57. The minimum atomic E-state index is -0.240. The summed E-state index contributed by atoms with van der Waals surface area (Å²) in [6.45, 7) is 5.93. The van der Waals surface area contributed by atoms with E-state index in [0.717, 1.165) is 34.7 Å². The number of amides is 1. The summed E-state index contributed by atoms with van der Waals surface area (Å²) in [6.07, 6.45) is 2.37. The molecule has 0 saturated heterocycles. The van der Waals surface area contributed by atoms with Gasteiger partial charge in [-0.2, -0.15) is 0 Å². The van der Waals surface area contributed by atoms with Gasteiger partial charge in [-0.1, -0.05) is 13.3 Å². The van der Waals surface area contributed by atoms with Gasteiger partial charge in [0.1, 0.15) is 11.5 Å². The van der Waals surface area contributed by atoms with Gasteiger partial charge in [0.25, 0.3) is 5.91 Å². The molecule has 26 heavy (non-hydrogen) atoms. The third-order valence-corrected chi connectivity index (χ3v) is 5.16. The van der Waals surface area contributed by atoms with E-state index in [9.17, 15) is 14.0 Å². The van der Waals surface area contributed by atoms with Crippen LogP contribution in [0.4, 0.5) is 4.39 Å². The summed E-state index contributed by atoms with van der Waals surface area (Å²) in [5.74, 6) is 0.402. The molecule has 2 rings (SSSR count). The molecule has 0 saturated carbocycles. The number of nitrogens with one attached hydrogen (secondary N) is 2. The highest BCUT2D eigenvalue weighted by molar-refractivity contribution is 7.99. The van der Waals surface area contributed by atoms with Gasteiger partial charge in [-0.3, -0.25) is 9.59 Å². The molecular formula is C20H25FN2O2S. The van der Waals surface area contributed by atoms with E-state index >= 15 is 0 Å². The summed E-state index contributed by atoms with van der Waals surface area (Å²) in [5.41, 5.74) is 2.71. The van der Waals surface area contributed by atoms with Crippen molar-refractivity contribution in [1.82, 2.24) is 10.3 Å². The summed E-state index contributed by atoms with van der Waals surface area (Å²) in [5, 5.41) is 2.92. The Morgan fingerprint density at radius 1 is 1.23 bits per heavy atom. The zero-order valence-electron chi connectivity index (χ0n) is 15.4. The van der Waals surface area contributed by atoms with Gasteiger partial charge in [0, 0.05) is 22.7 Å². The molecule has 4 nitrogen and oxygen atoms in total. The summed E-state index contributed by atoms with van der Waals surface area (Å²) in [7, 11) is 0. The zero-order valence-corrected chi connectivity index (χ0v) is 16.3. The molecule has 0 fully saturated rings. The minimum Gasteiger partial charge on any atom is -0.354 e. The molecule has 2 N–H and O–H groups in total. The van der Waals surface area contributed by atoms with Gasteiger partial charge < -0.3 is 10.3 Å². The Hall–Kier alpha value is -2.08. The van der Waals surface area contributed by atoms with Crippen LogP contribution in [0.1, 0.15) is 58.8 Å². The van der Waals surface area contributed by atoms with Crippen molar-refractivity contribution in [3.63, 3.8) is 0 Å². The lowest BCUT2D eigenvalue weighted by Crippen LogP contribution is -2.26. The van der Waals surface area contributed by atoms with E-state index < -0.39 is 0 Å². The van der Waals surface area contributed by atoms with Gasteiger partial charge in [0.15, 0.2) is 5.78 Å². The van der Waals surface area contributed by atoms with Crippen LogP contribution in [0.25, 0.3) is 0 Å². The van der Waals surface area contributed by atoms with E-state index in [1.165, 1.54) is 19.1 Å². The second-order valence-electron chi connectivity index (χ2n) is 6.20. The number of Topliss-reactive ketones (excluding diaryl/α,β-unsaturated/α-hetero) is 1. The number of ketones is 1. The topological polar surface area (TPSA) is 62.0 Å². The van der Waals surface area contributed by atoms with Crippen LogP contribution >= 0.6 is 11.8 Å². The van der Waals surface area contributed by atoms with Crippen molar-refractivity contribution in [2.75, 3.05) is 12.3 Å². The van der Waals surface area contributed by atoms with Crippen LogP contribution in [-0.2, 0) is 6.42 Å². The molecule has 0 bridgehead atoms. The fourth-order valence-electron chi connectivity index (χ4n) is 2.93. The number of aryl methyl sites for hydroxylation is 1. The molecule has 1 amide bonds. The number of aromatic amines is 1. The number of carbonyl (C=O) groups excluding carboxylic acids is 2. The lowest BCUT2D eigenvalue weighted by molar-refractivity contribution is 0.0948. The Morgan fingerprint density at radius 3 is 2.54 bits per heavy atom. The third kappa shape index (κ3) is 5.21. The predicted octanol–water partition coefficient (Wildman–Crippen LogP) is 4.53. The fourth-order valence-corrected chi connectivity index (χ4v) is 3.78. The molecule has 1 heterocycles. The number of hydrogen-bond donors (Lipinski definition) is 2. The van der Waals surface area contributed by atoms with Crippen molar-refractivity contribution in [1.29, 1.82) is 0 Å². The first-order chi connectivity index (χ1) is 12.4. The van der Waals surface area contributed by atoms with Crippen molar-refractivity contribution in [3.05, 3.63) is 52.6 Å². The molecule has 0 aliphatic heterocycles. The third-order valence-electron chi connectivity index (χ3n) is 4.06. The van der Waals surface area contributed by atoms with Gasteiger partial charge in [-0.05, 0) is 62.3 Å². The molecule has 6 heteroatoms. The van der Waals surface area contributed by atoms with Gasteiger partial charge in [0.2, 0.25) is 0 Å². The number of benzene rings is 1. The number of rotatable bonds is 9. The van der Waals surface area contributed by atoms with E-state index in [1.807, 2.05) is 13.8 Å². The largest absolute Gasteiger partial charge is 0.354 e. The smallest absolute Gasteiger partial charge is 0.268 e. The van der Waals surface area contributed by atoms with Crippen molar-refractivity contribution < 1.29 is 14.0 Å². The van der Waals surface area contributed by atoms with Crippen molar-refractivity contribution in [2.24, 2.45) is 0 Å². The average Bonchev–Trinajstić information content (AvgIpc) is 2.93. The van der Waals surface area contributed by atoms with Crippen LogP contribution in [0.3, 0.4) is 0 Å². The average molecular weight is 376 g/mol. The quantitative estimate of drug-likeness (QED) is 0.384. The highest BCUT2D eigenvalue weighted by atomic mass is 32.2. The maximum Gasteiger partial charge on any atom is 0.268 e. The molecule has 0 aliphatic carbocycles. The van der Waals surface area contributed by atoms with Gasteiger partial charge in [-0.15, -0.1) is 11.8 Å². The summed E-state index contributed by atoms with van der Waals surface area (Å²) < 4.78 is 12.9. The monoisotopic (exact) mass is 376 g/mol.